The van der Waals surface area contributed by atoms with Crippen molar-refractivity contribution in [2.24, 2.45) is 0 Å². The summed E-state index contributed by atoms with van der Waals surface area (Å²) in [5.41, 5.74) is 0. The smallest absolute Gasteiger partial charge is 0.220 e. The van der Waals surface area contributed by atoms with E-state index >= 15 is 0 Å². The number of nitrogens with one attached hydrogen (secondary N) is 1. The van der Waals surface area contributed by atoms with Crippen LogP contribution in [0.15, 0.2) is 24.3 Å². The molecule has 0 saturated heterocycles. The molecule has 0 unspecified atom stereocenters. The molecule has 1 amide bonds. The zero-order valence-electron chi connectivity index (χ0n) is 32.5. The monoisotopic (exact) mass is 676 g/mol. The topological polar surface area (TPSA) is 69.6 Å². The number of hydrogen-bond donors (Lipinski definition) is 3. The predicted molar refractivity (Wildman–Crippen MR) is 212 cm³/mol. The second-order valence-electron chi connectivity index (χ2n) is 14.8. The van der Waals surface area contributed by atoms with Gasteiger partial charge in [0.25, 0.3) is 0 Å². The Morgan fingerprint density at radius 1 is 0.479 bits per heavy atom. The average Bonchev–Trinajstić information content (AvgIpc) is 3.09. The molecule has 0 rings (SSSR count). The molecule has 0 heterocycles. The molecule has 0 radical (unpaired) electrons. The minimum absolute atomic E-state index is 0.0631. The Bertz CT molecular complexity index is 691. The number of carbonyl (C=O) groups excluding carboxylic acids is 1. The van der Waals surface area contributed by atoms with Crippen LogP contribution in [-0.2, 0) is 4.79 Å². The number of aliphatic hydroxyl groups excluding tert-OH is 2. The van der Waals surface area contributed by atoms with Gasteiger partial charge >= 0.3 is 0 Å². The second-order valence-corrected chi connectivity index (χ2v) is 14.8. The highest BCUT2D eigenvalue weighted by atomic mass is 16.3. The van der Waals surface area contributed by atoms with Gasteiger partial charge in [-0.1, -0.05) is 205 Å². The number of rotatable bonds is 39. The fourth-order valence-corrected chi connectivity index (χ4v) is 6.58. The van der Waals surface area contributed by atoms with Crippen molar-refractivity contribution in [3.8, 4) is 0 Å². The van der Waals surface area contributed by atoms with Crippen molar-refractivity contribution in [2.45, 2.75) is 244 Å². The fraction of sp³-hybridized carbons (Fsp3) is 0.886. The summed E-state index contributed by atoms with van der Waals surface area (Å²) < 4.78 is 0. The van der Waals surface area contributed by atoms with Gasteiger partial charge in [-0.3, -0.25) is 4.79 Å². The summed E-state index contributed by atoms with van der Waals surface area (Å²) in [7, 11) is 0. The van der Waals surface area contributed by atoms with Crippen LogP contribution in [0.4, 0.5) is 0 Å². The van der Waals surface area contributed by atoms with Gasteiger partial charge in [0.05, 0.1) is 18.8 Å². The van der Waals surface area contributed by atoms with Gasteiger partial charge in [-0.2, -0.15) is 0 Å². The van der Waals surface area contributed by atoms with Gasteiger partial charge < -0.3 is 15.5 Å². The van der Waals surface area contributed by atoms with Crippen LogP contribution >= 0.6 is 0 Å². The van der Waals surface area contributed by atoms with Gasteiger partial charge in [-0.15, -0.1) is 0 Å². The van der Waals surface area contributed by atoms with Crippen LogP contribution < -0.4 is 5.32 Å². The van der Waals surface area contributed by atoms with Crippen LogP contribution in [0, 0.1) is 0 Å². The van der Waals surface area contributed by atoms with Crippen molar-refractivity contribution in [3.63, 3.8) is 0 Å². The largest absolute Gasteiger partial charge is 0.394 e. The molecule has 0 aliphatic rings. The van der Waals surface area contributed by atoms with Crippen molar-refractivity contribution in [1.29, 1.82) is 0 Å². The van der Waals surface area contributed by atoms with Crippen molar-refractivity contribution >= 4 is 5.91 Å². The first-order chi connectivity index (χ1) is 23.7. The number of unbranched alkanes of at least 4 members (excludes halogenated alkanes) is 30. The number of allylic oxidation sites excluding steroid dienone is 3. The second kappa shape index (κ2) is 40.3. The zero-order valence-corrected chi connectivity index (χ0v) is 32.5. The molecule has 0 saturated carbocycles. The van der Waals surface area contributed by atoms with Crippen LogP contribution in [-0.4, -0.2) is 34.9 Å². The van der Waals surface area contributed by atoms with E-state index in [1.807, 2.05) is 6.08 Å². The molecule has 4 heteroatoms. The Hall–Kier alpha value is -1.13. The minimum atomic E-state index is -0.835. The van der Waals surface area contributed by atoms with E-state index in [2.05, 4.69) is 31.3 Å². The first kappa shape index (κ1) is 46.9. The van der Waals surface area contributed by atoms with Crippen LogP contribution in [0.2, 0.25) is 0 Å². The maximum Gasteiger partial charge on any atom is 0.220 e. The summed E-state index contributed by atoms with van der Waals surface area (Å²) in [4.78, 5) is 12.4. The van der Waals surface area contributed by atoms with E-state index < -0.39 is 12.1 Å². The first-order valence-electron chi connectivity index (χ1n) is 21.6. The van der Waals surface area contributed by atoms with Crippen molar-refractivity contribution in [3.05, 3.63) is 24.3 Å². The summed E-state index contributed by atoms with van der Waals surface area (Å²) in [6.07, 6.45) is 51.4. The molecule has 2 atom stereocenters. The maximum atomic E-state index is 12.4. The van der Waals surface area contributed by atoms with Crippen LogP contribution in [0.25, 0.3) is 0 Å². The summed E-state index contributed by atoms with van der Waals surface area (Å²) in [5.74, 6) is -0.0631. The molecule has 0 spiro atoms. The van der Waals surface area contributed by atoms with E-state index in [4.69, 9.17) is 0 Å². The summed E-state index contributed by atoms with van der Waals surface area (Å²) in [6.45, 7) is 4.31. The molecule has 0 bridgehead atoms. The molecule has 48 heavy (non-hydrogen) atoms. The Morgan fingerprint density at radius 3 is 1.15 bits per heavy atom. The highest BCUT2D eigenvalue weighted by Crippen LogP contribution is 2.15. The lowest BCUT2D eigenvalue weighted by Gasteiger charge is -2.20. The molecule has 284 valence electrons. The minimum Gasteiger partial charge on any atom is -0.394 e. The third-order valence-electron chi connectivity index (χ3n) is 9.93. The van der Waals surface area contributed by atoms with E-state index in [1.165, 1.54) is 186 Å². The van der Waals surface area contributed by atoms with E-state index in [1.54, 1.807) is 6.08 Å². The van der Waals surface area contributed by atoms with Gasteiger partial charge in [-0.05, 0) is 44.9 Å². The molecule has 0 aromatic carbocycles. The lowest BCUT2D eigenvalue weighted by Crippen LogP contribution is -2.45. The SMILES string of the molecule is CCCCCCCCC=CCCCCCCCCCCCCCCCC(=O)N[C@@H](CO)[C@H](O)C=CCCCCCCCCCCCCC. The van der Waals surface area contributed by atoms with Gasteiger partial charge in [0.15, 0.2) is 0 Å². The van der Waals surface area contributed by atoms with Gasteiger partial charge in [0.1, 0.15) is 0 Å². The molecule has 0 aromatic rings. The Kier molecular flexibility index (Phi) is 39.4. The van der Waals surface area contributed by atoms with Crippen LogP contribution in [0.3, 0.4) is 0 Å². The van der Waals surface area contributed by atoms with E-state index in [9.17, 15) is 15.0 Å². The lowest BCUT2D eigenvalue weighted by molar-refractivity contribution is -0.123. The molecular weight excluding hydrogens is 590 g/mol. The third-order valence-corrected chi connectivity index (χ3v) is 9.93. The zero-order chi connectivity index (χ0) is 35.0. The van der Waals surface area contributed by atoms with Crippen molar-refractivity contribution < 1.29 is 15.0 Å². The molecule has 3 N–H and O–H groups in total. The first-order valence-corrected chi connectivity index (χ1v) is 21.6. The summed E-state index contributed by atoms with van der Waals surface area (Å²) >= 11 is 0. The summed E-state index contributed by atoms with van der Waals surface area (Å²) in [5, 5.41) is 23.0. The van der Waals surface area contributed by atoms with Gasteiger partial charge in [0.2, 0.25) is 5.91 Å². The van der Waals surface area contributed by atoms with Crippen LogP contribution in [0.5, 0.6) is 0 Å². The van der Waals surface area contributed by atoms with Crippen molar-refractivity contribution in [1.82, 2.24) is 5.32 Å². The number of amides is 1. The molecule has 0 aliphatic heterocycles. The average molecular weight is 676 g/mol. The highest BCUT2D eigenvalue weighted by Gasteiger charge is 2.17. The highest BCUT2D eigenvalue weighted by molar-refractivity contribution is 5.76. The third kappa shape index (κ3) is 36.2. The molecule has 4 nitrogen and oxygen atoms in total. The molecule has 0 fully saturated rings. The van der Waals surface area contributed by atoms with E-state index in [0.717, 1.165) is 25.7 Å². The van der Waals surface area contributed by atoms with Crippen LogP contribution in [0.1, 0.15) is 232 Å². The number of carbonyl (C=O) groups is 1. The quantitative estimate of drug-likeness (QED) is 0.0448. The standard InChI is InChI=1S/C44H85NO3/c1-3-5-7-9-11-13-15-17-18-19-20-21-22-23-24-25-26-28-30-32-34-36-38-40-44(48)45-42(41-46)43(47)39-37-35-33-31-29-27-16-14-12-10-8-6-4-2/h17-18,37,39,42-43,46-47H,3-16,19-36,38,40-41H2,1-2H3,(H,45,48)/t42-,43+/m0/s1. The lowest BCUT2D eigenvalue weighted by atomic mass is 10.0. The molecule has 0 aliphatic carbocycles. The maximum absolute atomic E-state index is 12.4. The Labute approximate surface area is 300 Å². The number of aliphatic hydroxyl groups is 2. The van der Waals surface area contributed by atoms with Gasteiger partial charge in [-0.25, -0.2) is 0 Å². The fourth-order valence-electron chi connectivity index (χ4n) is 6.58. The Balaban J connectivity index is 3.52. The van der Waals surface area contributed by atoms with E-state index in [-0.39, 0.29) is 12.5 Å². The molecule has 0 aromatic heterocycles. The predicted octanol–water partition coefficient (Wildman–Crippen LogP) is 13.2. The molecular formula is C44H85NO3. The number of hydrogen-bond acceptors (Lipinski definition) is 3. The van der Waals surface area contributed by atoms with E-state index in [0.29, 0.717) is 6.42 Å². The normalized spacial score (nSPS) is 13.2. The Morgan fingerprint density at radius 2 is 0.792 bits per heavy atom. The van der Waals surface area contributed by atoms with Gasteiger partial charge in [0, 0.05) is 6.42 Å². The van der Waals surface area contributed by atoms with Crippen molar-refractivity contribution in [2.75, 3.05) is 6.61 Å². The summed E-state index contributed by atoms with van der Waals surface area (Å²) in [6, 6.07) is -0.618.